The summed E-state index contributed by atoms with van der Waals surface area (Å²) >= 11 is 0. The summed E-state index contributed by atoms with van der Waals surface area (Å²) in [6.07, 6.45) is 8.96. The summed E-state index contributed by atoms with van der Waals surface area (Å²) in [5.41, 5.74) is 6.19. The number of aromatic amines is 1. The fourth-order valence-electron chi connectivity index (χ4n) is 3.50. The highest BCUT2D eigenvalue weighted by Crippen LogP contribution is 2.34. The molecular formula is C18H15N9O5. The third kappa shape index (κ3) is 3.10. The highest BCUT2D eigenvalue weighted by Gasteiger charge is 2.34. The molecule has 2 unspecified atom stereocenters. The molecule has 5 heterocycles. The lowest BCUT2D eigenvalue weighted by Gasteiger charge is -2.20. The minimum absolute atomic E-state index is 0.0503. The summed E-state index contributed by atoms with van der Waals surface area (Å²) in [5, 5.41) is 30.8. The Hall–Kier alpha value is -4.43. The van der Waals surface area contributed by atoms with Crippen molar-refractivity contribution < 1.29 is 19.6 Å². The second-order valence-corrected chi connectivity index (χ2v) is 7.19. The number of fused-ring (bicyclic) bond motifs is 2. The molecule has 0 spiro atoms. The number of aliphatic imine (C=N–C) groups is 2. The van der Waals surface area contributed by atoms with Gasteiger partial charge in [-0.1, -0.05) is 0 Å². The van der Waals surface area contributed by atoms with Gasteiger partial charge in [-0.3, -0.25) is 34.8 Å². The van der Waals surface area contributed by atoms with Crippen molar-refractivity contribution in [1.82, 2.24) is 31.1 Å². The second-order valence-electron chi connectivity index (χ2n) is 7.19. The van der Waals surface area contributed by atoms with Crippen molar-refractivity contribution in [3.8, 4) is 0 Å². The van der Waals surface area contributed by atoms with Gasteiger partial charge in [-0.2, -0.15) is 5.10 Å². The molecule has 162 valence electrons. The molecule has 0 bridgehead atoms. The molecule has 0 saturated carbocycles. The number of carboxylic acid groups (broad SMARTS) is 1. The monoisotopic (exact) mass is 437 g/mol. The van der Waals surface area contributed by atoms with Crippen molar-refractivity contribution in [2.75, 3.05) is 0 Å². The number of allylic oxidation sites excluding steroid dienone is 2. The van der Waals surface area contributed by atoms with Crippen LogP contribution in [0, 0.1) is 10.1 Å². The molecule has 0 amide bonds. The molecule has 0 radical (unpaired) electrons. The van der Waals surface area contributed by atoms with E-state index in [1.807, 2.05) is 0 Å². The highest BCUT2D eigenvalue weighted by molar-refractivity contribution is 6.15. The number of H-pyrrole nitrogens is 1. The first-order valence-electron chi connectivity index (χ1n) is 9.35. The first kappa shape index (κ1) is 19.5. The van der Waals surface area contributed by atoms with Crippen LogP contribution in [-0.2, 0) is 9.59 Å². The lowest BCUT2D eigenvalue weighted by atomic mass is 10.1. The minimum Gasteiger partial charge on any atom is -0.480 e. The van der Waals surface area contributed by atoms with Gasteiger partial charge in [0.15, 0.2) is 11.5 Å². The number of nitrogens with one attached hydrogen (secondary N) is 3. The zero-order valence-corrected chi connectivity index (χ0v) is 16.4. The first-order chi connectivity index (χ1) is 15.3. The predicted octanol–water partition coefficient (Wildman–Crippen LogP) is -0.0975. The lowest BCUT2D eigenvalue weighted by Crippen LogP contribution is -2.38. The van der Waals surface area contributed by atoms with Crippen molar-refractivity contribution in [1.29, 1.82) is 0 Å². The number of ketones is 1. The number of rotatable bonds is 5. The SMILES string of the molecule is CC(=O)C1C=C2N=CC(c3n[nH]c(C4=CN5NC(C(=O)O)C=C5N=C4)c3[N+](=O)[O-])=CN2N1. The van der Waals surface area contributed by atoms with Gasteiger partial charge in [0.25, 0.3) is 0 Å². The van der Waals surface area contributed by atoms with Crippen molar-refractivity contribution in [2.45, 2.75) is 19.0 Å². The predicted molar refractivity (Wildman–Crippen MR) is 110 cm³/mol. The third-order valence-electron chi connectivity index (χ3n) is 5.08. The van der Waals surface area contributed by atoms with Crippen LogP contribution in [0.4, 0.5) is 5.69 Å². The van der Waals surface area contributed by atoms with E-state index in [9.17, 15) is 19.7 Å². The van der Waals surface area contributed by atoms with Crippen molar-refractivity contribution >= 4 is 41.0 Å². The highest BCUT2D eigenvalue weighted by atomic mass is 16.6. The van der Waals surface area contributed by atoms with Crippen molar-refractivity contribution in [3.63, 3.8) is 0 Å². The Balaban J connectivity index is 1.47. The van der Waals surface area contributed by atoms with Gasteiger partial charge >= 0.3 is 11.7 Å². The summed E-state index contributed by atoms with van der Waals surface area (Å²) in [6.45, 7) is 1.44. The maximum Gasteiger partial charge on any atom is 0.326 e. The molecule has 0 saturated heterocycles. The largest absolute Gasteiger partial charge is 0.480 e. The Morgan fingerprint density at radius 2 is 1.66 bits per heavy atom. The number of nitrogens with zero attached hydrogens (tertiary/aromatic N) is 6. The van der Waals surface area contributed by atoms with Crippen LogP contribution < -0.4 is 10.9 Å². The van der Waals surface area contributed by atoms with Crippen LogP contribution in [0.15, 0.2) is 46.2 Å². The van der Waals surface area contributed by atoms with E-state index in [1.165, 1.54) is 41.6 Å². The molecule has 4 N–H and O–H groups in total. The Bertz CT molecular complexity index is 1160. The van der Waals surface area contributed by atoms with Crippen LogP contribution >= 0.6 is 0 Å². The minimum atomic E-state index is -1.08. The number of carbonyl (C=O) groups is 2. The van der Waals surface area contributed by atoms with Crippen LogP contribution in [-0.4, -0.2) is 66.5 Å². The van der Waals surface area contributed by atoms with Gasteiger partial charge in [0.05, 0.1) is 4.92 Å². The molecule has 14 nitrogen and oxygen atoms in total. The summed E-state index contributed by atoms with van der Waals surface area (Å²) in [6, 6.07) is -1.49. The second kappa shape index (κ2) is 7.07. The topological polar surface area (TPSA) is 181 Å². The summed E-state index contributed by atoms with van der Waals surface area (Å²) in [5.74, 6) is -0.305. The molecule has 0 fully saturated rings. The summed E-state index contributed by atoms with van der Waals surface area (Å²) in [7, 11) is 0. The number of aromatic nitrogens is 2. The van der Waals surface area contributed by atoms with Crippen LogP contribution in [0.5, 0.6) is 0 Å². The van der Waals surface area contributed by atoms with E-state index in [1.54, 1.807) is 12.3 Å². The van der Waals surface area contributed by atoms with Crippen LogP contribution in [0.2, 0.25) is 0 Å². The van der Waals surface area contributed by atoms with Gasteiger partial charge in [-0.15, -0.1) is 0 Å². The van der Waals surface area contributed by atoms with Gasteiger partial charge in [0.2, 0.25) is 0 Å². The fourth-order valence-corrected chi connectivity index (χ4v) is 3.50. The van der Waals surface area contributed by atoms with Gasteiger partial charge in [0, 0.05) is 36.0 Å². The van der Waals surface area contributed by atoms with E-state index in [2.05, 4.69) is 31.0 Å². The zero-order chi connectivity index (χ0) is 22.6. The van der Waals surface area contributed by atoms with Crippen LogP contribution in [0.1, 0.15) is 18.3 Å². The van der Waals surface area contributed by atoms with Crippen molar-refractivity contribution in [3.05, 3.63) is 57.7 Å². The molecule has 2 atom stereocenters. The fraction of sp³-hybridized carbons (Fsp3) is 0.167. The van der Waals surface area contributed by atoms with Gasteiger partial charge in [0.1, 0.15) is 29.4 Å². The molecule has 1 aromatic heterocycles. The maximum absolute atomic E-state index is 11.9. The number of aliphatic carboxylic acids is 1. The molecule has 32 heavy (non-hydrogen) atoms. The van der Waals surface area contributed by atoms with Gasteiger partial charge < -0.3 is 5.11 Å². The number of carbonyl (C=O) groups excluding carboxylic acids is 1. The Morgan fingerprint density at radius 3 is 2.28 bits per heavy atom. The van der Waals surface area contributed by atoms with E-state index in [0.717, 1.165) is 0 Å². The third-order valence-corrected chi connectivity index (χ3v) is 5.08. The smallest absolute Gasteiger partial charge is 0.326 e. The van der Waals surface area contributed by atoms with Gasteiger partial charge in [-0.25, -0.2) is 20.8 Å². The number of hydrogen-bond acceptors (Lipinski definition) is 11. The zero-order valence-electron chi connectivity index (χ0n) is 16.4. The molecule has 0 aliphatic carbocycles. The maximum atomic E-state index is 11.9. The van der Waals surface area contributed by atoms with Crippen molar-refractivity contribution in [2.24, 2.45) is 9.98 Å². The number of hydrazine groups is 2. The van der Waals surface area contributed by atoms with Gasteiger partial charge in [-0.05, 0) is 19.1 Å². The summed E-state index contributed by atoms with van der Waals surface area (Å²) in [4.78, 5) is 42.6. The molecule has 1 aromatic rings. The first-order valence-corrected chi connectivity index (χ1v) is 9.35. The Labute approximate surface area is 179 Å². The number of nitro groups is 1. The van der Waals surface area contributed by atoms with E-state index < -0.39 is 23.0 Å². The van der Waals surface area contributed by atoms with E-state index in [4.69, 9.17) is 5.11 Å². The number of hydrogen-bond donors (Lipinski definition) is 4. The quantitative estimate of drug-likeness (QED) is 0.359. The van der Waals surface area contributed by atoms with E-state index >= 15 is 0 Å². The van der Waals surface area contributed by atoms with Crippen LogP contribution in [0.25, 0.3) is 11.1 Å². The summed E-state index contributed by atoms with van der Waals surface area (Å²) < 4.78 is 0. The van der Waals surface area contributed by atoms with E-state index in [-0.39, 0.29) is 22.9 Å². The van der Waals surface area contributed by atoms with E-state index in [0.29, 0.717) is 22.8 Å². The van der Waals surface area contributed by atoms with Crippen LogP contribution in [0.3, 0.4) is 0 Å². The molecule has 0 aromatic carbocycles. The number of Topliss-reactive ketones (excluding diaryl/α,β-unsaturated/α-hetero) is 1. The molecule has 4 aliphatic rings. The average molecular weight is 437 g/mol. The number of carboxylic acids is 1. The molecule has 4 aliphatic heterocycles. The normalized spacial score (nSPS) is 23.3. The molecule has 5 rings (SSSR count). The standard InChI is InChI=1S/C18H15N9O5/c1-8(28)11-2-13-19-4-9(6-25(13)23-11)15-17(27(31)32)16(22-21-15)10-5-20-14-3-12(18(29)30)24-26(14)7-10/h2-7,11-12,23-24H,1H3,(H,21,22)(H,29,30). The molecule has 14 heteroatoms. The lowest BCUT2D eigenvalue weighted by molar-refractivity contribution is -0.385. The molecular weight excluding hydrogens is 422 g/mol. The Morgan fingerprint density at radius 1 is 1.06 bits per heavy atom. The average Bonchev–Trinajstić information content (AvgIpc) is 3.47. The Kier molecular flexibility index (Phi) is 4.31.